The predicted molar refractivity (Wildman–Crippen MR) is 59.2 cm³/mol. The zero-order valence-electron chi connectivity index (χ0n) is 9.00. The summed E-state index contributed by atoms with van der Waals surface area (Å²) in [7, 11) is 0. The number of rotatable bonds is 4. The Balaban J connectivity index is 2.29. The van der Waals surface area contributed by atoms with Crippen LogP contribution in [0.25, 0.3) is 11.3 Å². The Morgan fingerprint density at radius 3 is 3.00 bits per heavy atom. The van der Waals surface area contributed by atoms with Gasteiger partial charge in [-0.1, -0.05) is 6.92 Å². The standard InChI is InChI=1S/C11H13FN4/c1-2-13-5-9-6-15-16-11(9)8-3-10(12)7-14-4-8/h3-4,6-7,13H,2,5H2,1H3,(H,15,16). The number of nitrogens with one attached hydrogen (secondary N) is 2. The van der Waals surface area contributed by atoms with Gasteiger partial charge >= 0.3 is 0 Å². The molecule has 2 aromatic rings. The molecule has 84 valence electrons. The van der Waals surface area contributed by atoms with E-state index in [1.165, 1.54) is 12.3 Å². The number of halogens is 1. The van der Waals surface area contributed by atoms with Crippen LogP contribution in [0.5, 0.6) is 0 Å². The van der Waals surface area contributed by atoms with Crippen LogP contribution in [0.3, 0.4) is 0 Å². The van der Waals surface area contributed by atoms with Crippen LogP contribution in [0.2, 0.25) is 0 Å². The van der Waals surface area contributed by atoms with Crippen LogP contribution in [-0.4, -0.2) is 21.7 Å². The molecular weight excluding hydrogens is 207 g/mol. The highest BCUT2D eigenvalue weighted by molar-refractivity contribution is 5.61. The molecule has 0 amide bonds. The van der Waals surface area contributed by atoms with Crippen molar-refractivity contribution < 1.29 is 4.39 Å². The molecule has 0 radical (unpaired) electrons. The summed E-state index contributed by atoms with van der Waals surface area (Å²) >= 11 is 0. The summed E-state index contributed by atoms with van der Waals surface area (Å²) < 4.78 is 13.0. The fraction of sp³-hybridized carbons (Fsp3) is 0.273. The zero-order chi connectivity index (χ0) is 11.4. The van der Waals surface area contributed by atoms with E-state index in [1.54, 1.807) is 12.4 Å². The van der Waals surface area contributed by atoms with Crippen molar-refractivity contribution in [2.75, 3.05) is 6.54 Å². The highest BCUT2D eigenvalue weighted by atomic mass is 19.1. The minimum atomic E-state index is -0.346. The normalized spacial score (nSPS) is 10.6. The van der Waals surface area contributed by atoms with Gasteiger partial charge in [-0.2, -0.15) is 5.10 Å². The molecule has 4 nitrogen and oxygen atoms in total. The second-order valence-electron chi connectivity index (χ2n) is 3.44. The molecule has 0 unspecified atom stereocenters. The Kier molecular flexibility index (Phi) is 3.26. The smallest absolute Gasteiger partial charge is 0.142 e. The lowest BCUT2D eigenvalue weighted by Gasteiger charge is -2.03. The minimum Gasteiger partial charge on any atom is -0.313 e. The first kappa shape index (κ1) is 10.8. The van der Waals surface area contributed by atoms with E-state index < -0.39 is 0 Å². The first-order chi connectivity index (χ1) is 7.81. The molecule has 0 saturated carbocycles. The lowest BCUT2D eigenvalue weighted by Crippen LogP contribution is -2.11. The zero-order valence-corrected chi connectivity index (χ0v) is 9.00. The number of aromatic amines is 1. The van der Waals surface area contributed by atoms with Gasteiger partial charge in [-0.05, 0) is 12.6 Å². The Bertz CT molecular complexity index is 467. The number of nitrogens with zero attached hydrogens (tertiary/aromatic N) is 2. The third-order valence-corrected chi connectivity index (χ3v) is 2.28. The van der Waals surface area contributed by atoms with Crippen molar-refractivity contribution in [3.8, 4) is 11.3 Å². The summed E-state index contributed by atoms with van der Waals surface area (Å²) in [5, 5.41) is 10.0. The van der Waals surface area contributed by atoms with Crippen LogP contribution in [0.1, 0.15) is 12.5 Å². The first-order valence-corrected chi connectivity index (χ1v) is 5.15. The van der Waals surface area contributed by atoms with Gasteiger partial charge < -0.3 is 5.32 Å². The van der Waals surface area contributed by atoms with Crippen molar-refractivity contribution >= 4 is 0 Å². The van der Waals surface area contributed by atoms with Gasteiger partial charge in [-0.3, -0.25) is 10.1 Å². The number of aromatic nitrogens is 3. The Labute approximate surface area is 92.9 Å². The molecule has 0 aliphatic rings. The van der Waals surface area contributed by atoms with Gasteiger partial charge in [0.25, 0.3) is 0 Å². The molecule has 0 fully saturated rings. The van der Waals surface area contributed by atoms with Gasteiger partial charge in [0.1, 0.15) is 5.82 Å². The molecule has 5 heteroatoms. The molecule has 0 aliphatic heterocycles. The van der Waals surface area contributed by atoms with Crippen molar-refractivity contribution in [3.05, 3.63) is 36.0 Å². The van der Waals surface area contributed by atoms with Gasteiger partial charge in [-0.15, -0.1) is 0 Å². The molecule has 0 saturated heterocycles. The van der Waals surface area contributed by atoms with Crippen LogP contribution < -0.4 is 5.32 Å². The fourth-order valence-corrected chi connectivity index (χ4v) is 1.50. The minimum absolute atomic E-state index is 0.346. The van der Waals surface area contributed by atoms with E-state index in [9.17, 15) is 4.39 Å². The number of hydrogen-bond acceptors (Lipinski definition) is 3. The van der Waals surface area contributed by atoms with Gasteiger partial charge in [-0.25, -0.2) is 4.39 Å². The first-order valence-electron chi connectivity index (χ1n) is 5.15. The Morgan fingerprint density at radius 2 is 2.25 bits per heavy atom. The summed E-state index contributed by atoms with van der Waals surface area (Å²) in [4.78, 5) is 3.82. The summed E-state index contributed by atoms with van der Waals surface area (Å²) in [6, 6.07) is 1.44. The van der Waals surface area contributed by atoms with Crippen molar-refractivity contribution in [2.45, 2.75) is 13.5 Å². The maximum absolute atomic E-state index is 13.0. The molecule has 0 aliphatic carbocycles. The molecule has 0 bridgehead atoms. The van der Waals surface area contributed by atoms with Gasteiger partial charge in [0, 0.05) is 23.9 Å². The summed E-state index contributed by atoms with van der Waals surface area (Å²) in [6.45, 7) is 3.62. The highest BCUT2D eigenvalue weighted by Gasteiger charge is 2.08. The summed E-state index contributed by atoms with van der Waals surface area (Å²) in [6.07, 6.45) is 4.54. The Morgan fingerprint density at radius 1 is 1.38 bits per heavy atom. The van der Waals surface area contributed by atoms with E-state index >= 15 is 0 Å². The maximum atomic E-state index is 13.0. The quantitative estimate of drug-likeness (QED) is 0.824. The molecule has 2 aromatic heterocycles. The fourth-order valence-electron chi connectivity index (χ4n) is 1.50. The summed E-state index contributed by atoms with van der Waals surface area (Å²) in [5.74, 6) is -0.346. The number of pyridine rings is 1. The molecule has 16 heavy (non-hydrogen) atoms. The maximum Gasteiger partial charge on any atom is 0.142 e. The van der Waals surface area contributed by atoms with Crippen LogP contribution >= 0.6 is 0 Å². The highest BCUT2D eigenvalue weighted by Crippen LogP contribution is 2.20. The Hall–Kier alpha value is -1.75. The van der Waals surface area contributed by atoms with Crippen molar-refractivity contribution in [1.82, 2.24) is 20.5 Å². The number of H-pyrrole nitrogens is 1. The SMILES string of the molecule is CCNCc1cn[nH]c1-c1cncc(F)c1. The van der Waals surface area contributed by atoms with E-state index in [2.05, 4.69) is 20.5 Å². The van der Waals surface area contributed by atoms with Crippen LogP contribution in [0.4, 0.5) is 4.39 Å². The van der Waals surface area contributed by atoms with Crippen molar-refractivity contribution in [2.24, 2.45) is 0 Å². The average molecular weight is 220 g/mol. The lowest BCUT2D eigenvalue weighted by molar-refractivity contribution is 0.622. The van der Waals surface area contributed by atoms with Crippen molar-refractivity contribution in [1.29, 1.82) is 0 Å². The topological polar surface area (TPSA) is 53.6 Å². The van der Waals surface area contributed by atoms with Crippen LogP contribution in [-0.2, 0) is 6.54 Å². The monoisotopic (exact) mass is 220 g/mol. The van der Waals surface area contributed by atoms with E-state index in [0.29, 0.717) is 12.1 Å². The summed E-state index contributed by atoms with van der Waals surface area (Å²) in [5.41, 5.74) is 2.53. The molecule has 2 rings (SSSR count). The molecule has 0 spiro atoms. The third-order valence-electron chi connectivity index (χ3n) is 2.28. The molecule has 2 N–H and O–H groups in total. The second kappa shape index (κ2) is 4.85. The van der Waals surface area contributed by atoms with E-state index in [1.807, 2.05) is 6.92 Å². The predicted octanol–water partition coefficient (Wildman–Crippen LogP) is 1.72. The molecular formula is C11H13FN4. The largest absolute Gasteiger partial charge is 0.313 e. The van der Waals surface area contributed by atoms with E-state index in [4.69, 9.17) is 0 Å². The van der Waals surface area contributed by atoms with Gasteiger partial charge in [0.15, 0.2) is 0 Å². The van der Waals surface area contributed by atoms with Gasteiger partial charge in [0.05, 0.1) is 18.1 Å². The molecule has 2 heterocycles. The molecule has 0 atom stereocenters. The van der Waals surface area contributed by atoms with Crippen molar-refractivity contribution in [3.63, 3.8) is 0 Å². The van der Waals surface area contributed by atoms with Gasteiger partial charge in [0.2, 0.25) is 0 Å². The second-order valence-corrected chi connectivity index (χ2v) is 3.44. The lowest BCUT2D eigenvalue weighted by atomic mass is 10.1. The van der Waals surface area contributed by atoms with Crippen LogP contribution in [0.15, 0.2) is 24.7 Å². The van der Waals surface area contributed by atoms with E-state index in [0.717, 1.165) is 17.8 Å². The van der Waals surface area contributed by atoms with E-state index in [-0.39, 0.29) is 5.82 Å². The third kappa shape index (κ3) is 2.25. The molecule has 0 aromatic carbocycles. The number of hydrogen-bond donors (Lipinski definition) is 2. The average Bonchev–Trinajstić information content (AvgIpc) is 2.74. The van der Waals surface area contributed by atoms with Crippen LogP contribution in [0, 0.1) is 5.82 Å².